The second-order valence-corrected chi connectivity index (χ2v) is 11.3. The molecule has 4 heteroatoms. The number of fused-ring (bicyclic) bond motifs is 3. The van der Waals surface area contributed by atoms with Crippen LogP contribution in [0.4, 0.5) is 0 Å². The molecular weight excluding hydrogens is 348 g/mol. The molecule has 2 nitrogen and oxygen atoms in total. The summed E-state index contributed by atoms with van der Waals surface area (Å²) in [5, 5.41) is 2.83. The first-order valence-corrected chi connectivity index (χ1v) is 12.1. The topological polar surface area (TPSA) is 15.6 Å². The third-order valence-electron chi connectivity index (χ3n) is 8.14. The SMILES string of the molecule is CN1C2CCC1C(C1=NC3CCCCC3S1)C(C1CCC(Cl)CC1)C2. The van der Waals surface area contributed by atoms with Crippen molar-refractivity contribution < 1.29 is 0 Å². The van der Waals surface area contributed by atoms with E-state index in [1.54, 1.807) is 5.04 Å². The maximum atomic E-state index is 6.42. The van der Waals surface area contributed by atoms with Gasteiger partial charge in [0.25, 0.3) is 0 Å². The van der Waals surface area contributed by atoms with Gasteiger partial charge in [0.15, 0.2) is 0 Å². The van der Waals surface area contributed by atoms with Crippen molar-refractivity contribution in [2.45, 2.75) is 99.4 Å². The maximum Gasteiger partial charge on any atom is 0.0732 e. The minimum Gasteiger partial charge on any atom is -0.300 e. The Morgan fingerprint density at radius 2 is 1.80 bits per heavy atom. The summed E-state index contributed by atoms with van der Waals surface area (Å²) in [7, 11) is 2.40. The highest BCUT2D eigenvalue weighted by molar-refractivity contribution is 8.14. The van der Waals surface area contributed by atoms with Gasteiger partial charge in [-0.2, -0.15) is 0 Å². The molecule has 6 unspecified atom stereocenters. The van der Waals surface area contributed by atoms with E-state index in [-0.39, 0.29) is 0 Å². The zero-order chi connectivity index (χ0) is 17.0. The molecule has 0 aromatic carbocycles. The summed E-state index contributed by atoms with van der Waals surface area (Å²) in [6.45, 7) is 0. The highest BCUT2D eigenvalue weighted by Crippen LogP contribution is 2.52. The first-order valence-electron chi connectivity index (χ1n) is 10.8. The van der Waals surface area contributed by atoms with Crippen LogP contribution in [-0.4, -0.2) is 45.7 Å². The molecule has 2 aliphatic carbocycles. The van der Waals surface area contributed by atoms with Crippen LogP contribution in [0.25, 0.3) is 0 Å². The van der Waals surface area contributed by atoms with E-state index >= 15 is 0 Å². The number of rotatable bonds is 2. The monoisotopic (exact) mass is 380 g/mol. The average molecular weight is 381 g/mol. The number of piperidine rings is 1. The lowest BCUT2D eigenvalue weighted by molar-refractivity contribution is 0.0593. The fraction of sp³-hybridized carbons (Fsp3) is 0.952. The molecule has 6 atom stereocenters. The molecule has 0 aromatic rings. The van der Waals surface area contributed by atoms with Crippen LogP contribution in [0.3, 0.4) is 0 Å². The molecule has 3 heterocycles. The number of hydrogen-bond acceptors (Lipinski definition) is 3. The molecule has 25 heavy (non-hydrogen) atoms. The van der Waals surface area contributed by atoms with Crippen molar-refractivity contribution in [3.05, 3.63) is 0 Å². The maximum absolute atomic E-state index is 6.42. The predicted octanol–water partition coefficient (Wildman–Crippen LogP) is 5.34. The number of halogens is 1. The summed E-state index contributed by atoms with van der Waals surface area (Å²) in [6, 6.07) is 2.26. The Balaban J connectivity index is 1.41. The summed E-state index contributed by atoms with van der Waals surface area (Å²) in [4.78, 5) is 8.11. The predicted molar refractivity (Wildman–Crippen MR) is 109 cm³/mol. The zero-order valence-electron chi connectivity index (χ0n) is 15.6. The molecule has 2 bridgehead atoms. The van der Waals surface area contributed by atoms with E-state index in [0.717, 1.165) is 35.1 Å². The Morgan fingerprint density at radius 3 is 2.60 bits per heavy atom. The molecule has 2 saturated heterocycles. The molecule has 140 valence electrons. The van der Waals surface area contributed by atoms with Crippen molar-refractivity contribution in [2.75, 3.05) is 7.05 Å². The third kappa shape index (κ3) is 3.10. The van der Waals surface area contributed by atoms with Crippen LogP contribution in [0.2, 0.25) is 0 Å². The van der Waals surface area contributed by atoms with Gasteiger partial charge in [0.05, 0.1) is 11.1 Å². The van der Waals surface area contributed by atoms with Crippen LogP contribution in [0.1, 0.15) is 70.6 Å². The van der Waals surface area contributed by atoms with E-state index in [1.807, 2.05) is 0 Å². The van der Waals surface area contributed by atoms with Gasteiger partial charge in [0.2, 0.25) is 0 Å². The summed E-state index contributed by atoms with van der Waals surface area (Å²) < 4.78 is 0. The Kier molecular flexibility index (Phi) is 4.88. The van der Waals surface area contributed by atoms with Gasteiger partial charge < -0.3 is 0 Å². The summed E-state index contributed by atoms with van der Waals surface area (Å²) in [5.41, 5.74) is 0. The summed E-state index contributed by atoms with van der Waals surface area (Å²) >= 11 is 8.63. The van der Waals surface area contributed by atoms with Crippen LogP contribution in [-0.2, 0) is 0 Å². The van der Waals surface area contributed by atoms with E-state index in [4.69, 9.17) is 16.6 Å². The zero-order valence-corrected chi connectivity index (χ0v) is 17.2. The van der Waals surface area contributed by atoms with E-state index in [2.05, 4.69) is 23.7 Å². The molecule has 0 N–H and O–H groups in total. The van der Waals surface area contributed by atoms with Crippen LogP contribution in [0.5, 0.6) is 0 Å². The van der Waals surface area contributed by atoms with Crippen molar-refractivity contribution in [3.8, 4) is 0 Å². The van der Waals surface area contributed by atoms with Gasteiger partial charge >= 0.3 is 0 Å². The number of alkyl halides is 1. The molecule has 2 saturated carbocycles. The summed E-state index contributed by atoms with van der Waals surface area (Å²) in [5.74, 6) is 2.52. The van der Waals surface area contributed by atoms with Crippen molar-refractivity contribution in [3.63, 3.8) is 0 Å². The van der Waals surface area contributed by atoms with E-state index in [0.29, 0.717) is 11.4 Å². The molecule has 0 spiro atoms. The Morgan fingerprint density at radius 1 is 1.00 bits per heavy atom. The fourth-order valence-corrected chi connectivity index (χ4v) is 8.61. The lowest BCUT2D eigenvalue weighted by atomic mass is 9.68. The van der Waals surface area contributed by atoms with Gasteiger partial charge in [-0.05, 0) is 76.7 Å². The average Bonchev–Trinajstić information content (AvgIpc) is 3.14. The first kappa shape index (κ1) is 17.4. The second kappa shape index (κ2) is 7.02. The Labute approximate surface area is 162 Å². The quantitative estimate of drug-likeness (QED) is 0.601. The van der Waals surface area contributed by atoms with Crippen LogP contribution < -0.4 is 0 Å². The van der Waals surface area contributed by atoms with Crippen LogP contribution >= 0.6 is 23.4 Å². The van der Waals surface area contributed by atoms with E-state index < -0.39 is 0 Å². The molecule has 4 fully saturated rings. The number of aliphatic imine (C=N–C) groups is 1. The smallest absolute Gasteiger partial charge is 0.0732 e. The lowest BCUT2D eigenvalue weighted by Gasteiger charge is -2.47. The second-order valence-electron chi connectivity index (χ2n) is 9.38. The van der Waals surface area contributed by atoms with Gasteiger partial charge in [-0.25, -0.2) is 0 Å². The Bertz CT molecular complexity index is 530. The standard InChI is InChI=1S/C21H33ClN2S/c1-24-15-10-11-18(24)20(16(12-15)13-6-8-14(22)9-7-13)21-23-17-4-2-3-5-19(17)25-21/h13-20H,2-12H2,1H3. The van der Waals surface area contributed by atoms with Gasteiger partial charge in [-0.3, -0.25) is 9.89 Å². The minimum absolute atomic E-state index is 0.443. The van der Waals surface area contributed by atoms with Crippen molar-refractivity contribution in [2.24, 2.45) is 22.7 Å². The highest BCUT2D eigenvalue weighted by atomic mass is 35.5. The lowest BCUT2D eigenvalue weighted by Crippen LogP contribution is -2.51. The van der Waals surface area contributed by atoms with Gasteiger partial charge in [-0.1, -0.05) is 12.8 Å². The van der Waals surface area contributed by atoms with E-state index in [1.165, 1.54) is 70.6 Å². The molecule has 3 aliphatic heterocycles. The van der Waals surface area contributed by atoms with Crippen molar-refractivity contribution in [1.29, 1.82) is 0 Å². The first-order chi connectivity index (χ1) is 12.2. The third-order valence-corrected chi connectivity index (χ3v) is 10.0. The molecule has 0 radical (unpaired) electrons. The van der Waals surface area contributed by atoms with Gasteiger partial charge in [-0.15, -0.1) is 23.4 Å². The molecule has 5 rings (SSSR count). The normalized spacial score (nSPS) is 50.6. The molecule has 0 amide bonds. The highest BCUT2D eigenvalue weighted by Gasteiger charge is 2.51. The van der Waals surface area contributed by atoms with Crippen LogP contribution in [0, 0.1) is 17.8 Å². The number of hydrogen-bond donors (Lipinski definition) is 0. The number of nitrogens with zero attached hydrogens (tertiary/aromatic N) is 2. The van der Waals surface area contributed by atoms with Crippen LogP contribution in [0.15, 0.2) is 4.99 Å². The summed E-state index contributed by atoms with van der Waals surface area (Å²) in [6.07, 6.45) is 15.0. The van der Waals surface area contributed by atoms with Crippen molar-refractivity contribution in [1.82, 2.24) is 4.90 Å². The number of thioether (sulfide) groups is 1. The molecular formula is C21H33ClN2S. The van der Waals surface area contributed by atoms with Gasteiger partial charge in [0, 0.05) is 28.6 Å². The molecule has 5 aliphatic rings. The largest absolute Gasteiger partial charge is 0.300 e. The minimum atomic E-state index is 0.443. The van der Waals surface area contributed by atoms with Crippen molar-refractivity contribution >= 4 is 28.4 Å². The molecule has 0 aromatic heterocycles. The van der Waals surface area contributed by atoms with E-state index in [9.17, 15) is 0 Å². The fourth-order valence-electron chi connectivity index (χ4n) is 6.72. The Hall–Kier alpha value is 0.270. The van der Waals surface area contributed by atoms with Gasteiger partial charge in [0.1, 0.15) is 0 Å².